The molecule has 0 fully saturated rings. The SMILES string of the molecule is CSCCC(NC(=O)C(CCCCN)NC(=O)C(N)CS)C(=O)NC(CCCCN)C(=O)O. The molecule has 0 saturated carbocycles. The van der Waals surface area contributed by atoms with Crippen LogP contribution < -0.4 is 33.2 Å². The molecule has 0 aliphatic heterocycles. The number of amides is 3. The number of carbonyl (C=O) groups is 4. The Bertz CT molecular complexity index is 613. The van der Waals surface area contributed by atoms with E-state index in [0.29, 0.717) is 57.4 Å². The molecule has 0 radical (unpaired) electrons. The summed E-state index contributed by atoms with van der Waals surface area (Å²) in [5, 5.41) is 17.2. The maximum Gasteiger partial charge on any atom is 0.326 e. The van der Waals surface area contributed by atoms with E-state index in [0.717, 1.165) is 0 Å². The van der Waals surface area contributed by atoms with E-state index in [2.05, 4.69) is 28.6 Å². The van der Waals surface area contributed by atoms with Crippen molar-refractivity contribution in [3.8, 4) is 0 Å². The average Bonchev–Trinajstić information content (AvgIpc) is 2.79. The van der Waals surface area contributed by atoms with Crippen LogP contribution in [0.4, 0.5) is 0 Å². The number of thiol groups is 1. The molecule has 0 aromatic carbocycles. The first-order valence-electron chi connectivity index (χ1n) is 11.1. The lowest BCUT2D eigenvalue weighted by Gasteiger charge is -2.25. The molecule has 0 spiro atoms. The van der Waals surface area contributed by atoms with Gasteiger partial charge in [0.15, 0.2) is 0 Å². The van der Waals surface area contributed by atoms with Crippen LogP contribution in [0, 0.1) is 0 Å². The van der Waals surface area contributed by atoms with Crippen molar-refractivity contribution in [3.05, 3.63) is 0 Å². The lowest BCUT2D eigenvalue weighted by atomic mass is 10.1. The fourth-order valence-electron chi connectivity index (χ4n) is 2.92. The van der Waals surface area contributed by atoms with Crippen LogP contribution in [-0.2, 0) is 19.2 Å². The van der Waals surface area contributed by atoms with Crippen molar-refractivity contribution in [1.82, 2.24) is 16.0 Å². The summed E-state index contributed by atoms with van der Waals surface area (Å²) in [6, 6.07) is -3.81. The zero-order valence-electron chi connectivity index (χ0n) is 19.3. The minimum atomic E-state index is -1.15. The van der Waals surface area contributed by atoms with Gasteiger partial charge in [-0.05, 0) is 70.0 Å². The number of thioether (sulfide) groups is 1. The molecule has 0 aromatic rings. The Kier molecular flexibility index (Phi) is 18.0. The van der Waals surface area contributed by atoms with Gasteiger partial charge in [0.25, 0.3) is 0 Å². The van der Waals surface area contributed by atoms with Gasteiger partial charge in [-0.1, -0.05) is 0 Å². The summed E-state index contributed by atoms with van der Waals surface area (Å²) in [5.74, 6) is -2.11. The summed E-state index contributed by atoms with van der Waals surface area (Å²) in [6.07, 6.45) is 5.17. The molecular weight excluding hydrogens is 468 g/mol. The lowest BCUT2D eigenvalue weighted by molar-refractivity contribution is -0.142. The van der Waals surface area contributed by atoms with Gasteiger partial charge in [0, 0.05) is 5.75 Å². The number of nitrogens with two attached hydrogens (primary N) is 3. The second kappa shape index (κ2) is 18.8. The molecule has 33 heavy (non-hydrogen) atoms. The molecule has 4 unspecified atom stereocenters. The van der Waals surface area contributed by atoms with Gasteiger partial charge in [-0.25, -0.2) is 4.79 Å². The average molecular weight is 509 g/mol. The zero-order chi connectivity index (χ0) is 25.2. The van der Waals surface area contributed by atoms with Crippen molar-refractivity contribution < 1.29 is 24.3 Å². The summed E-state index contributed by atoms with van der Waals surface area (Å²) in [4.78, 5) is 49.5. The normalized spacial score (nSPS) is 14.6. The van der Waals surface area contributed by atoms with E-state index in [9.17, 15) is 24.3 Å². The van der Waals surface area contributed by atoms with Gasteiger partial charge in [-0.15, -0.1) is 0 Å². The van der Waals surface area contributed by atoms with Gasteiger partial charge in [-0.2, -0.15) is 24.4 Å². The molecule has 0 rings (SSSR count). The minimum Gasteiger partial charge on any atom is -0.480 e. The van der Waals surface area contributed by atoms with Crippen LogP contribution in [0.2, 0.25) is 0 Å². The number of carboxylic acids is 1. The highest BCUT2D eigenvalue weighted by molar-refractivity contribution is 7.98. The number of aliphatic carboxylic acids is 1. The van der Waals surface area contributed by atoms with Crippen LogP contribution in [0.3, 0.4) is 0 Å². The standard InChI is InChI=1S/C20H40N6O5S2/c1-33-11-8-15(19(29)26-16(20(30)31)7-3-5-10-22)25-18(28)14(6-2-4-9-21)24-17(27)13(23)12-32/h13-16,32H,2-12,21-23H2,1H3,(H,24,27)(H,25,28)(H,26,29)(H,30,31). The van der Waals surface area contributed by atoms with Crippen LogP contribution in [-0.4, -0.2) is 83.8 Å². The molecule has 0 aliphatic rings. The van der Waals surface area contributed by atoms with Gasteiger partial charge < -0.3 is 38.3 Å². The molecule has 0 heterocycles. The minimum absolute atomic E-state index is 0.114. The highest BCUT2D eigenvalue weighted by atomic mass is 32.2. The third kappa shape index (κ3) is 13.7. The molecule has 4 atom stereocenters. The Hall–Kier alpha value is -1.54. The molecule has 0 bridgehead atoms. The quantitative estimate of drug-likeness (QED) is 0.0778. The Morgan fingerprint density at radius 2 is 1.27 bits per heavy atom. The summed E-state index contributed by atoms with van der Waals surface area (Å²) in [6.45, 7) is 0.874. The molecule has 0 aromatic heterocycles. The van der Waals surface area contributed by atoms with Crippen molar-refractivity contribution in [2.24, 2.45) is 17.2 Å². The number of rotatable bonds is 19. The fraction of sp³-hybridized carbons (Fsp3) is 0.800. The first-order chi connectivity index (χ1) is 15.7. The van der Waals surface area contributed by atoms with Crippen LogP contribution in [0.15, 0.2) is 0 Å². The van der Waals surface area contributed by atoms with E-state index in [1.54, 1.807) is 0 Å². The predicted molar refractivity (Wildman–Crippen MR) is 134 cm³/mol. The third-order valence-corrected chi connectivity index (χ3v) is 5.96. The van der Waals surface area contributed by atoms with E-state index in [1.165, 1.54) is 11.8 Å². The number of carboxylic acid groups (broad SMARTS) is 1. The molecule has 10 N–H and O–H groups in total. The van der Waals surface area contributed by atoms with E-state index < -0.39 is 47.9 Å². The Morgan fingerprint density at radius 3 is 1.73 bits per heavy atom. The fourth-order valence-corrected chi connectivity index (χ4v) is 3.56. The van der Waals surface area contributed by atoms with Crippen molar-refractivity contribution in [2.45, 2.75) is 69.1 Å². The van der Waals surface area contributed by atoms with Crippen LogP contribution in [0.1, 0.15) is 44.9 Å². The first kappa shape index (κ1) is 31.5. The topological polar surface area (TPSA) is 203 Å². The lowest BCUT2D eigenvalue weighted by Crippen LogP contribution is -2.57. The van der Waals surface area contributed by atoms with E-state index in [4.69, 9.17) is 17.2 Å². The van der Waals surface area contributed by atoms with Gasteiger partial charge in [0.2, 0.25) is 17.7 Å². The smallest absolute Gasteiger partial charge is 0.326 e. The number of hydrogen-bond donors (Lipinski definition) is 8. The molecule has 0 aliphatic carbocycles. The molecule has 13 heteroatoms. The second-order valence-corrected chi connectivity index (χ2v) is 9.01. The van der Waals surface area contributed by atoms with Crippen LogP contribution in [0.5, 0.6) is 0 Å². The van der Waals surface area contributed by atoms with Gasteiger partial charge >= 0.3 is 5.97 Å². The monoisotopic (exact) mass is 508 g/mol. The Balaban J connectivity index is 5.34. The zero-order valence-corrected chi connectivity index (χ0v) is 21.0. The molecule has 192 valence electrons. The molecule has 0 saturated heterocycles. The van der Waals surface area contributed by atoms with Crippen LogP contribution >= 0.6 is 24.4 Å². The number of hydrogen-bond acceptors (Lipinski definition) is 9. The van der Waals surface area contributed by atoms with E-state index in [-0.39, 0.29) is 12.2 Å². The predicted octanol–water partition coefficient (Wildman–Crippen LogP) is -1.21. The van der Waals surface area contributed by atoms with E-state index in [1.807, 2.05) is 6.26 Å². The van der Waals surface area contributed by atoms with E-state index >= 15 is 0 Å². The van der Waals surface area contributed by atoms with Crippen molar-refractivity contribution in [3.63, 3.8) is 0 Å². The summed E-state index contributed by atoms with van der Waals surface area (Å²) >= 11 is 5.49. The number of carbonyl (C=O) groups excluding carboxylic acids is 3. The third-order valence-electron chi connectivity index (χ3n) is 4.92. The first-order valence-corrected chi connectivity index (χ1v) is 13.1. The molecule has 11 nitrogen and oxygen atoms in total. The number of unbranched alkanes of at least 4 members (excludes halogenated alkanes) is 2. The Labute approximate surface area is 205 Å². The highest BCUT2D eigenvalue weighted by Crippen LogP contribution is 2.07. The summed E-state index contributed by atoms with van der Waals surface area (Å²) in [5.41, 5.74) is 16.7. The molecular formula is C20H40N6O5S2. The van der Waals surface area contributed by atoms with Crippen molar-refractivity contribution in [2.75, 3.05) is 30.9 Å². The van der Waals surface area contributed by atoms with Crippen molar-refractivity contribution >= 4 is 48.1 Å². The second-order valence-electron chi connectivity index (χ2n) is 7.66. The molecule has 3 amide bonds. The number of nitrogens with one attached hydrogen (secondary N) is 3. The van der Waals surface area contributed by atoms with Crippen LogP contribution in [0.25, 0.3) is 0 Å². The summed E-state index contributed by atoms with van der Waals surface area (Å²) < 4.78 is 0. The summed E-state index contributed by atoms with van der Waals surface area (Å²) in [7, 11) is 0. The maximum absolute atomic E-state index is 13.0. The maximum atomic E-state index is 13.0. The van der Waals surface area contributed by atoms with Crippen molar-refractivity contribution in [1.29, 1.82) is 0 Å². The van der Waals surface area contributed by atoms with Gasteiger partial charge in [-0.3, -0.25) is 14.4 Å². The van der Waals surface area contributed by atoms with Gasteiger partial charge in [0.05, 0.1) is 6.04 Å². The highest BCUT2D eigenvalue weighted by Gasteiger charge is 2.29. The van der Waals surface area contributed by atoms with Gasteiger partial charge in [0.1, 0.15) is 18.1 Å². The Morgan fingerprint density at radius 1 is 0.818 bits per heavy atom. The largest absolute Gasteiger partial charge is 0.480 e.